The first-order chi connectivity index (χ1) is 8.09. The normalized spacial score (nSPS) is 10.3. The second-order valence-electron chi connectivity index (χ2n) is 3.72. The van der Waals surface area contributed by atoms with E-state index in [1.54, 1.807) is 42.3 Å². The lowest BCUT2D eigenvalue weighted by molar-refractivity contribution is 0.628. The van der Waals surface area contributed by atoms with Gasteiger partial charge < -0.3 is 10.6 Å². The molecule has 2 aromatic rings. The number of nitrogens with zero attached hydrogens (tertiary/aromatic N) is 1. The van der Waals surface area contributed by atoms with E-state index in [-0.39, 0.29) is 5.82 Å². The minimum absolute atomic E-state index is 0.292. The maximum absolute atomic E-state index is 13.2. The summed E-state index contributed by atoms with van der Waals surface area (Å²) in [6.45, 7) is 0. The van der Waals surface area contributed by atoms with Crippen LogP contribution in [0, 0.1) is 5.82 Å². The quantitative estimate of drug-likeness (QED) is 0.821. The van der Waals surface area contributed by atoms with Crippen molar-refractivity contribution in [1.82, 2.24) is 0 Å². The summed E-state index contributed by atoms with van der Waals surface area (Å²) in [7, 11) is 1.80. The van der Waals surface area contributed by atoms with E-state index in [1.165, 1.54) is 12.1 Å². The fourth-order valence-electron chi connectivity index (χ4n) is 1.70. The van der Waals surface area contributed by atoms with Crippen LogP contribution in [-0.2, 0) is 0 Å². The van der Waals surface area contributed by atoms with Crippen LogP contribution in [0.5, 0.6) is 0 Å². The molecule has 0 saturated heterocycles. The van der Waals surface area contributed by atoms with E-state index >= 15 is 0 Å². The maximum Gasteiger partial charge on any atom is 0.125 e. The van der Waals surface area contributed by atoms with Crippen molar-refractivity contribution in [2.75, 3.05) is 17.7 Å². The van der Waals surface area contributed by atoms with E-state index in [1.807, 2.05) is 0 Å². The molecule has 0 unspecified atom stereocenters. The van der Waals surface area contributed by atoms with E-state index in [2.05, 4.69) is 0 Å². The van der Waals surface area contributed by atoms with Gasteiger partial charge in [-0.15, -0.1) is 0 Å². The highest BCUT2D eigenvalue weighted by Gasteiger charge is 2.11. The van der Waals surface area contributed by atoms with Crippen LogP contribution >= 0.6 is 11.6 Å². The second kappa shape index (κ2) is 4.63. The summed E-state index contributed by atoms with van der Waals surface area (Å²) in [5.41, 5.74) is 7.82. The molecule has 2 nitrogen and oxygen atoms in total. The third-order valence-electron chi connectivity index (χ3n) is 2.55. The highest BCUT2D eigenvalue weighted by atomic mass is 35.5. The molecule has 0 atom stereocenters. The smallest absolute Gasteiger partial charge is 0.125 e. The van der Waals surface area contributed by atoms with E-state index in [9.17, 15) is 4.39 Å². The predicted molar refractivity (Wildman–Crippen MR) is 70.3 cm³/mol. The molecule has 2 rings (SSSR count). The number of hydrogen-bond acceptors (Lipinski definition) is 2. The lowest BCUT2D eigenvalue weighted by atomic mass is 10.2. The summed E-state index contributed by atoms with van der Waals surface area (Å²) in [4.78, 5) is 1.76. The van der Waals surface area contributed by atoms with Crippen LogP contribution < -0.4 is 10.6 Å². The summed E-state index contributed by atoms with van der Waals surface area (Å²) in [6.07, 6.45) is 0. The van der Waals surface area contributed by atoms with Crippen LogP contribution in [0.1, 0.15) is 0 Å². The van der Waals surface area contributed by atoms with Crippen molar-refractivity contribution < 1.29 is 4.39 Å². The molecule has 0 bridgehead atoms. The Hall–Kier alpha value is -1.74. The molecule has 2 N–H and O–H groups in total. The zero-order valence-corrected chi connectivity index (χ0v) is 10.1. The number of nitrogens with two attached hydrogens (primary N) is 1. The summed E-state index contributed by atoms with van der Waals surface area (Å²) >= 11 is 6.10. The Morgan fingerprint density at radius 3 is 2.53 bits per heavy atom. The Bertz CT molecular complexity index is 522. The Labute approximate surface area is 104 Å². The molecule has 17 heavy (non-hydrogen) atoms. The van der Waals surface area contributed by atoms with Gasteiger partial charge in [-0.25, -0.2) is 4.39 Å². The number of nitrogen functional groups attached to an aromatic ring is 1. The molecule has 4 heteroatoms. The molecule has 0 spiro atoms. The Morgan fingerprint density at radius 2 is 1.88 bits per heavy atom. The van der Waals surface area contributed by atoms with Crippen molar-refractivity contribution in [3.8, 4) is 0 Å². The molecule has 0 heterocycles. The van der Waals surface area contributed by atoms with Crippen LogP contribution in [0.25, 0.3) is 0 Å². The number of benzene rings is 2. The van der Waals surface area contributed by atoms with Gasteiger partial charge >= 0.3 is 0 Å². The fraction of sp³-hybridized carbons (Fsp3) is 0.0769. The first kappa shape index (κ1) is 11.7. The Balaban J connectivity index is 2.47. The molecular formula is C13H12ClFN2. The standard InChI is InChI=1S/C13H12ClFN2/c1-17(10-5-2-4-9(15)8-10)13-11(14)6-3-7-12(13)16/h2-8H,16H2,1H3. The molecule has 0 amide bonds. The van der Waals surface area contributed by atoms with Gasteiger partial charge in [0.2, 0.25) is 0 Å². The molecule has 0 aromatic heterocycles. The lowest BCUT2D eigenvalue weighted by Crippen LogP contribution is -2.12. The van der Waals surface area contributed by atoms with Crippen molar-refractivity contribution >= 4 is 28.7 Å². The van der Waals surface area contributed by atoms with Crippen molar-refractivity contribution in [2.45, 2.75) is 0 Å². The van der Waals surface area contributed by atoms with Gasteiger partial charge in [0.05, 0.1) is 16.4 Å². The second-order valence-corrected chi connectivity index (χ2v) is 4.12. The molecule has 0 aliphatic heterocycles. The van der Waals surface area contributed by atoms with Gasteiger partial charge in [-0.1, -0.05) is 23.7 Å². The number of anilines is 3. The van der Waals surface area contributed by atoms with Crippen LogP contribution in [-0.4, -0.2) is 7.05 Å². The first-order valence-corrected chi connectivity index (χ1v) is 5.50. The molecule has 0 aliphatic carbocycles. The average Bonchev–Trinajstić information content (AvgIpc) is 2.28. The van der Waals surface area contributed by atoms with Gasteiger partial charge in [0.15, 0.2) is 0 Å². The highest BCUT2D eigenvalue weighted by Crippen LogP contribution is 2.35. The summed E-state index contributed by atoms with van der Waals surface area (Å²) < 4.78 is 13.2. The fourth-order valence-corrected chi connectivity index (χ4v) is 2.01. The van der Waals surface area contributed by atoms with Crippen molar-refractivity contribution in [1.29, 1.82) is 0 Å². The molecule has 88 valence electrons. The van der Waals surface area contributed by atoms with E-state index in [4.69, 9.17) is 17.3 Å². The van der Waals surface area contributed by atoms with E-state index in [0.717, 1.165) is 0 Å². The third kappa shape index (κ3) is 2.34. The van der Waals surface area contributed by atoms with Crippen LogP contribution in [0.4, 0.5) is 21.5 Å². The summed E-state index contributed by atoms with van der Waals surface area (Å²) in [5, 5.41) is 0.539. The van der Waals surface area contributed by atoms with Gasteiger partial charge in [-0.2, -0.15) is 0 Å². The van der Waals surface area contributed by atoms with Crippen molar-refractivity contribution in [3.05, 3.63) is 53.3 Å². The number of para-hydroxylation sites is 1. The van der Waals surface area contributed by atoms with Crippen LogP contribution in [0.15, 0.2) is 42.5 Å². The number of rotatable bonds is 2. The Morgan fingerprint density at radius 1 is 1.18 bits per heavy atom. The maximum atomic E-state index is 13.2. The minimum Gasteiger partial charge on any atom is -0.397 e. The lowest BCUT2D eigenvalue weighted by Gasteiger charge is -2.22. The average molecular weight is 251 g/mol. The van der Waals surface area contributed by atoms with Gasteiger partial charge in [0, 0.05) is 12.7 Å². The Kier molecular flexibility index (Phi) is 3.20. The van der Waals surface area contributed by atoms with Crippen LogP contribution in [0.3, 0.4) is 0 Å². The summed E-state index contributed by atoms with van der Waals surface area (Å²) in [5.74, 6) is -0.292. The van der Waals surface area contributed by atoms with Gasteiger partial charge in [-0.05, 0) is 30.3 Å². The molecule has 0 fully saturated rings. The molecule has 2 aromatic carbocycles. The van der Waals surface area contributed by atoms with Crippen molar-refractivity contribution in [3.63, 3.8) is 0 Å². The summed E-state index contributed by atoms with van der Waals surface area (Å²) in [6, 6.07) is 11.6. The first-order valence-electron chi connectivity index (χ1n) is 5.13. The van der Waals surface area contributed by atoms with Gasteiger partial charge in [0.1, 0.15) is 5.82 Å². The van der Waals surface area contributed by atoms with E-state index in [0.29, 0.717) is 22.1 Å². The SMILES string of the molecule is CN(c1cccc(F)c1)c1c(N)cccc1Cl. The monoisotopic (exact) mass is 250 g/mol. The van der Waals surface area contributed by atoms with Gasteiger partial charge in [0.25, 0.3) is 0 Å². The zero-order chi connectivity index (χ0) is 12.4. The third-order valence-corrected chi connectivity index (χ3v) is 2.85. The topological polar surface area (TPSA) is 29.3 Å². The highest BCUT2D eigenvalue weighted by molar-refractivity contribution is 6.34. The van der Waals surface area contributed by atoms with Crippen LogP contribution in [0.2, 0.25) is 5.02 Å². The van der Waals surface area contributed by atoms with Gasteiger partial charge in [-0.3, -0.25) is 0 Å². The molecule has 0 radical (unpaired) electrons. The van der Waals surface area contributed by atoms with E-state index < -0.39 is 0 Å². The molecule has 0 saturated carbocycles. The van der Waals surface area contributed by atoms with Crippen molar-refractivity contribution in [2.24, 2.45) is 0 Å². The largest absolute Gasteiger partial charge is 0.397 e. The number of halogens is 2. The zero-order valence-electron chi connectivity index (χ0n) is 9.32. The number of hydrogen-bond donors (Lipinski definition) is 1. The predicted octanol–water partition coefficient (Wildman–Crippen LogP) is 3.83. The molecular weight excluding hydrogens is 239 g/mol. The molecule has 0 aliphatic rings. The minimum atomic E-state index is -0.292.